The topological polar surface area (TPSA) is 61.4 Å². The van der Waals surface area contributed by atoms with Crippen LogP contribution in [0.4, 0.5) is 11.4 Å². The first-order valence-corrected chi connectivity index (χ1v) is 9.97. The van der Waals surface area contributed by atoms with Gasteiger partial charge in [0.1, 0.15) is 6.04 Å². The molecule has 0 saturated carbocycles. The van der Waals surface area contributed by atoms with E-state index in [2.05, 4.69) is 15.5 Å². The van der Waals surface area contributed by atoms with E-state index in [0.717, 1.165) is 24.3 Å². The van der Waals surface area contributed by atoms with Crippen LogP contribution < -0.4 is 15.5 Å². The number of hydrogen-bond donors (Lipinski definition) is 2. The maximum Gasteiger partial charge on any atom is 0.251 e. The Balaban J connectivity index is 1.65. The number of hydrogen-bond acceptors (Lipinski definition) is 3. The number of carbonyl (C=O) groups is 2. The second-order valence-electron chi connectivity index (χ2n) is 7.79. The molecule has 2 N–H and O–H groups in total. The lowest BCUT2D eigenvalue weighted by molar-refractivity contribution is -0.118. The van der Waals surface area contributed by atoms with Crippen LogP contribution in [0, 0.1) is 12.8 Å². The number of anilines is 2. The summed E-state index contributed by atoms with van der Waals surface area (Å²) in [5, 5.41) is 5.81. The minimum absolute atomic E-state index is 0.0300. The molecule has 2 amide bonds. The standard InChI is InChI=1S/C23H29N3O2/c1-16(2)21(25-22(27)18-8-6-7-17(3)15-18)23(28)24-19-9-11-20(12-10-19)26-13-4-5-14-26/h6-12,15-16,21H,4-5,13-14H2,1-3H3,(H,24,28)(H,25,27)/t21-/m0/s1. The fraction of sp³-hybridized carbons (Fsp3) is 0.391. The van der Waals surface area contributed by atoms with Crippen LogP contribution in [-0.2, 0) is 4.79 Å². The summed E-state index contributed by atoms with van der Waals surface area (Å²) in [5.41, 5.74) is 3.50. The van der Waals surface area contributed by atoms with Gasteiger partial charge in [0, 0.05) is 30.0 Å². The van der Waals surface area contributed by atoms with E-state index in [1.54, 1.807) is 6.07 Å². The third kappa shape index (κ3) is 4.91. The first-order chi connectivity index (χ1) is 13.4. The Morgan fingerprint density at radius 3 is 2.29 bits per heavy atom. The summed E-state index contributed by atoms with van der Waals surface area (Å²) >= 11 is 0. The average Bonchev–Trinajstić information content (AvgIpc) is 3.21. The lowest BCUT2D eigenvalue weighted by atomic mass is 10.0. The normalized spacial score (nSPS) is 14.8. The summed E-state index contributed by atoms with van der Waals surface area (Å²) in [6, 6.07) is 14.7. The van der Waals surface area contributed by atoms with Gasteiger partial charge in [-0.15, -0.1) is 0 Å². The minimum atomic E-state index is -0.605. The van der Waals surface area contributed by atoms with Crippen LogP contribution in [0.1, 0.15) is 42.6 Å². The van der Waals surface area contributed by atoms with Crippen LogP contribution >= 0.6 is 0 Å². The van der Waals surface area contributed by atoms with Crippen LogP contribution in [0.2, 0.25) is 0 Å². The van der Waals surface area contributed by atoms with Gasteiger partial charge in [-0.05, 0) is 62.1 Å². The largest absolute Gasteiger partial charge is 0.372 e. The van der Waals surface area contributed by atoms with Gasteiger partial charge >= 0.3 is 0 Å². The van der Waals surface area contributed by atoms with E-state index in [0.29, 0.717) is 5.56 Å². The zero-order chi connectivity index (χ0) is 20.1. The molecule has 1 aliphatic rings. The molecule has 0 radical (unpaired) electrons. The van der Waals surface area contributed by atoms with Crippen molar-refractivity contribution in [2.75, 3.05) is 23.3 Å². The molecule has 1 atom stereocenters. The monoisotopic (exact) mass is 379 g/mol. The Morgan fingerprint density at radius 2 is 1.68 bits per heavy atom. The van der Waals surface area contributed by atoms with E-state index in [-0.39, 0.29) is 17.7 Å². The first-order valence-electron chi connectivity index (χ1n) is 9.97. The van der Waals surface area contributed by atoms with Crippen molar-refractivity contribution in [1.82, 2.24) is 5.32 Å². The molecule has 0 spiro atoms. The van der Waals surface area contributed by atoms with Gasteiger partial charge in [-0.3, -0.25) is 9.59 Å². The summed E-state index contributed by atoms with van der Waals surface area (Å²) in [6.45, 7) is 7.97. The van der Waals surface area contributed by atoms with Gasteiger partial charge in [0.2, 0.25) is 5.91 Å². The molecule has 2 aromatic rings. The summed E-state index contributed by atoms with van der Waals surface area (Å²) in [7, 11) is 0. The molecule has 148 valence electrons. The van der Waals surface area contributed by atoms with E-state index >= 15 is 0 Å². The van der Waals surface area contributed by atoms with Gasteiger partial charge in [-0.1, -0.05) is 31.5 Å². The second-order valence-corrected chi connectivity index (χ2v) is 7.79. The summed E-state index contributed by atoms with van der Waals surface area (Å²) in [6.07, 6.45) is 2.46. The third-order valence-electron chi connectivity index (χ3n) is 5.12. The third-order valence-corrected chi connectivity index (χ3v) is 5.12. The van der Waals surface area contributed by atoms with E-state index in [4.69, 9.17) is 0 Å². The lowest BCUT2D eigenvalue weighted by Gasteiger charge is -2.22. The zero-order valence-electron chi connectivity index (χ0n) is 16.9. The number of rotatable bonds is 6. The predicted molar refractivity (Wildman–Crippen MR) is 114 cm³/mol. The van der Waals surface area contributed by atoms with Crippen LogP contribution in [-0.4, -0.2) is 30.9 Å². The number of nitrogens with one attached hydrogen (secondary N) is 2. The second kappa shape index (κ2) is 8.91. The molecule has 5 nitrogen and oxygen atoms in total. The maximum absolute atomic E-state index is 12.8. The fourth-order valence-electron chi connectivity index (χ4n) is 3.50. The van der Waals surface area contributed by atoms with Gasteiger partial charge in [0.25, 0.3) is 5.91 Å². The number of amides is 2. The fourth-order valence-corrected chi connectivity index (χ4v) is 3.50. The number of aryl methyl sites for hydroxylation is 1. The average molecular weight is 380 g/mol. The van der Waals surface area contributed by atoms with Crippen LogP contribution in [0.15, 0.2) is 48.5 Å². The van der Waals surface area contributed by atoms with Gasteiger partial charge in [0.15, 0.2) is 0 Å². The highest BCUT2D eigenvalue weighted by atomic mass is 16.2. The molecule has 0 bridgehead atoms. The highest BCUT2D eigenvalue weighted by Gasteiger charge is 2.25. The minimum Gasteiger partial charge on any atom is -0.372 e. The SMILES string of the molecule is Cc1cccc(C(=O)N[C@H](C(=O)Nc2ccc(N3CCCC3)cc2)C(C)C)c1. The van der Waals surface area contributed by atoms with E-state index < -0.39 is 6.04 Å². The van der Waals surface area contributed by atoms with Crippen molar-refractivity contribution < 1.29 is 9.59 Å². The molecule has 1 aliphatic heterocycles. The smallest absolute Gasteiger partial charge is 0.251 e. The van der Waals surface area contributed by atoms with Crippen LogP contribution in [0.3, 0.4) is 0 Å². The molecule has 0 aliphatic carbocycles. The summed E-state index contributed by atoms with van der Waals surface area (Å²) in [4.78, 5) is 27.7. The molecule has 28 heavy (non-hydrogen) atoms. The van der Waals surface area contributed by atoms with Crippen LogP contribution in [0.5, 0.6) is 0 Å². The molecule has 1 saturated heterocycles. The van der Waals surface area contributed by atoms with Crippen molar-refractivity contribution in [3.63, 3.8) is 0 Å². The molecule has 5 heteroatoms. The Hall–Kier alpha value is -2.82. The van der Waals surface area contributed by atoms with Gasteiger partial charge in [-0.2, -0.15) is 0 Å². The van der Waals surface area contributed by atoms with E-state index in [9.17, 15) is 9.59 Å². The van der Waals surface area contributed by atoms with Crippen molar-refractivity contribution in [1.29, 1.82) is 0 Å². The predicted octanol–water partition coefficient (Wildman–Crippen LogP) is 3.99. The number of nitrogens with zero attached hydrogens (tertiary/aromatic N) is 1. The summed E-state index contributed by atoms with van der Waals surface area (Å²) < 4.78 is 0. The Bertz CT molecular complexity index is 824. The lowest BCUT2D eigenvalue weighted by Crippen LogP contribution is -2.47. The van der Waals surface area contributed by atoms with Gasteiger partial charge in [-0.25, -0.2) is 0 Å². The Labute approximate surface area is 167 Å². The zero-order valence-corrected chi connectivity index (χ0v) is 16.9. The Kier molecular flexibility index (Phi) is 6.34. The van der Waals surface area contributed by atoms with Gasteiger partial charge < -0.3 is 15.5 Å². The molecule has 2 aromatic carbocycles. The van der Waals surface area contributed by atoms with E-state index in [1.807, 2.05) is 63.2 Å². The molecule has 0 unspecified atom stereocenters. The van der Waals surface area contributed by atoms with Crippen molar-refractivity contribution in [2.24, 2.45) is 5.92 Å². The van der Waals surface area contributed by atoms with Crippen molar-refractivity contribution in [3.05, 3.63) is 59.7 Å². The van der Waals surface area contributed by atoms with Crippen LogP contribution in [0.25, 0.3) is 0 Å². The highest BCUT2D eigenvalue weighted by Crippen LogP contribution is 2.22. The summed E-state index contributed by atoms with van der Waals surface area (Å²) in [5.74, 6) is -0.468. The molecular weight excluding hydrogens is 350 g/mol. The molecule has 1 heterocycles. The molecule has 0 aromatic heterocycles. The Morgan fingerprint density at radius 1 is 1.00 bits per heavy atom. The quantitative estimate of drug-likeness (QED) is 0.798. The van der Waals surface area contributed by atoms with Gasteiger partial charge in [0.05, 0.1) is 0 Å². The molecular formula is C23H29N3O2. The van der Waals surface area contributed by atoms with Crippen molar-refractivity contribution in [2.45, 2.75) is 39.7 Å². The van der Waals surface area contributed by atoms with Crippen molar-refractivity contribution in [3.8, 4) is 0 Å². The maximum atomic E-state index is 12.8. The number of benzene rings is 2. The molecule has 3 rings (SSSR count). The highest BCUT2D eigenvalue weighted by molar-refractivity contribution is 6.01. The van der Waals surface area contributed by atoms with Crippen molar-refractivity contribution >= 4 is 23.2 Å². The first kappa shape index (κ1) is 19.9. The molecule has 1 fully saturated rings. The van der Waals surface area contributed by atoms with E-state index in [1.165, 1.54) is 18.5 Å². The number of carbonyl (C=O) groups excluding carboxylic acids is 2.